The van der Waals surface area contributed by atoms with E-state index < -0.39 is 10.0 Å². The summed E-state index contributed by atoms with van der Waals surface area (Å²) >= 11 is 0. The van der Waals surface area contributed by atoms with Gasteiger partial charge in [-0.15, -0.1) is 0 Å². The van der Waals surface area contributed by atoms with Gasteiger partial charge in [-0.25, -0.2) is 13.4 Å². The fourth-order valence-electron chi connectivity index (χ4n) is 4.42. The lowest BCUT2D eigenvalue weighted by Gasteiger charge is -2.32. The zero-order valence-corrected chi connectivity index (χ0v) is 19.4. The second kappa shape index (κ2) is 10.3. The average Bonchev–Trinajstić information content (AvgIpc) is 3.15. The van der Waals surface area contributed by atoms with Gasteiger partial charge in [0.1, 0.15) is 11.9 Å². The minimum absolute atomic E-state index is 0.0910. The molecule has 3 heterocycles. The summed E-state index contributed by atoms with van der Waals surface area (Å²) in [5.41, 5.74) is 1.03. The summed E-state index contributed by atoms with van der Waals surface area (Å²) in [5.74, 6) is 0.566. The number of hydrogen-bond donors (Lipinski definition) is 1. The molecule has 1 aromatic carbocycles. The Labute approximate surface area is 195 Å². The largest absolute Gasteiger partial charge is 0.357 e. The van der Waals surface area contributed by atoms with Gasteiger partial charge >= 0.3 is 0 Å². The maximum atomic E-state index is 13.1. The molecule has 2 aliphatic rings. The molecule has 2 fully saturated rings. The molecule has 1 aromatic heterocycles. The van der Waals surface area contributed by atoms with Gasteiger partial charge in [0.2, 0.25) is 15.9 Å². The first-order chi connectivity index (χ1) is 16.0. The maximum absolute atomic E-state index is 13.1. The molecule has 0 atom stereocenters. The normalized spacial score (nSPS) is 18.3. The lowest BCUT2D eigenvalue weighted by atomic mass is 9.95. The van der Waals surface area contributed by atoms with Crippen molar-refractivity contribution in [1.82, 2.24) is 9.29 Å². The number of amides is 1. The van der Waals surface area contributed by atoms with Crippen LogP contribution in [0.15, 0.2) is 47.5 Å². The van der Waals surface area contributed by atoms with E-state index in [9.17, 15) is 13.2 Å². The summed E-state index contributed by atoms with van der Waals surface area (Å²) in [6.07, 6.45) is 6.79. The molecule has 174 valence electrons. The Morgan fingerprint density at radius 3 is 2.39 bits per heavy atom. The number of pyridine rings is 1. The van der Waals surface area contributed by atoms with E-state index in [4.69, 9.17) is 5.26 Å². The molecule has 2 saturated heterocycles. The summed E-state index contributed by atoms with van der Waals surface area (Å²) in [5, 5.41) is 11.8. The van der Waals surface area contributed by atoms with E-state index in [1.54, 1.807) is 40.8 Å². The van der Waals surface area contributed by atoms with E-state index in [1.165, 1.54) is 0 Å². The molecule has 9 heteroatoms. The number of rotatable bonds is 5. The predicted molar refractivity (Wildman–Crippen MR) is 126 cm³/mol. The first-order valence-corrected chi connectivity index (χ1v) is 12.9. The van der Waals surface area contributed by atoms with Crippen LogP contribution in [-0.4, -0.2) is 49.8 Å². The summed E-state index contributed by atoms with van der Waals surface area (Å²) in [6, 6.07) is 12.2. The van der Waals surface area contributed by atoms with Crippen molar-refractivity contribution in [2.75, 3.05) is 36.4 Å². The molecule has 0 radical (unpaired) electrons. The van der Waals surface area contributed by atoms with Gasteiger partial charge in [-0.1, -0.05) is 18.9 Å². The van der Waals surface area contributed by atoms with Crippen molar-refractivity contribution in [1.29, 1.82) is 5.26 Å². The summed E-state index contributed by atoms with van der Waals surface area (Å²) in [7, 11) is -3.56. The second-order valence-corrected chi connectivity index (χ2v) is 10.6. The molecule has 4 rings (SSSR count). The molecule has 0 unspecified atom stereocenters. The highest BCUT2D eigenvalue weighted by atomic mass is 32.2. The number of anilines is 2. The number of nitrogens with one attached hydrogen (secondary N) is 1. The molecule has 2 aromatic rings. The second-order valence-electron chi connectivity index (χ2n) is 8.61. The van der Waals surface area contributed by atoms with Crippen LogP contribution in [0.25, 0.3) is 0 Å². The van der Waals surface area contributed by atoms with Crippen LogP contribution >= 0.6 is 0 Å². The molecular weight excluding hydrogens is 438 g/mol. The van der Waals surface area contributed by atoms with Crippen LogP contribution in [0.1, 0.15) is 44.1 Å². The fraction of sp³-hybridized carbons (Fsp3) is 0.458. The fourth-order valence-corrected chi connectivity index (χ4v) is 5.98. The third-order valence-electron chi connectivity index (χ3n) is 6.37. The van der Waals surface area contributed by atoms with Crippen molar-refractivity contribution < 1.29 is 13.2 Å². The number of hydrogen-bond acceptors (Lipinski definition) is 6. The Hall–Kier alpha value is -2.96. The number of carbonyl (C=O) groups is 1. The van der Waals surface area contributed by atoms with Crippen LogP contribution < -0.4 is 10.2 Å². The topological polar surface area (TPSA) is 106 Å². The summed E-state index contributed by atoms with van der Waals surface area (Å²) < 4.78 is 27.7. The molecular formula is C24H29N5O3S. The number of sulfonamides is 1. The molecule has 0 saturated carbocycles. The Balaban J connectivity index is 1.36. The van der Waals surface area contributed by atoms with Crippen molar-refractivity contribution in [2.24, 2.45) is 5.92 Å². The highest BCUT2D eigenvalue weighted by Gasteiger charge is 2.27. The van der Waals surface area contributed by atoms with Crippen LogP contribution in [0.2, 0.25) is 0 Å². The van der Waals surface area contributed by atoms with E-state index in [2.05, 4.69) is 21.3 Å². The van der Waals surface area contributed by atoms with E-state index in [1.807, 2.05) is 6.07 Å². The summed E-state index contributed by atoms with van der Waals surface area (Å²) in [6.45, 7) is 2.48. The third kappa shape index (κ3) is 5.52. The van der Waals surface area contributed by atoms with Gasteiger partial charge in [0.05, 0.1) is 10.5 Å². The highest BCUT2D eigenvalue weighted by Crippen LogP contribution is 2.25. The van der Waals surface area contributed by atoms with Crippen LogP contribution in [0.4, 0.5) is 11.5 Å². The Morgan fingerprint density at radius 1 is 1.03 bits per heavy atom. The zero-order valence-electron chi connectivity index (χ0n) is 18.6. The van der Waals surface area contributed by atoms with Gasteiger partial charge < -0.3 is 10.2 Å². The van der Waals surface area contributed by atoms with Crippen LogP contribution in [-0.2, 0) is 14.8 Å². The lowest BCUT2D eigenvalue weighted by Crippen LogP contribution is -2.38. The minimum atomic E-state index is -3.56. The number of nitriles is 1. The highest BCUT2D eigenvalue weighted by molar-refractivity contribution is 7.89. The van der Waals surface area contributed by atoms with E-state index in [0.29, 0.717) is 50.3 Å². The Morgan fingerprint density at radius 2 is 1.76 bits per heavy atom. The predicted octanol–water partition coefficient (Wildman–Crippen LogP) is 3.37. The van der Waals surface area contributed by atoms with Crippen molar-refractivity contribution in [3.05, 3.63) is 48.2 Å². The SMILES string of the molecule is N#Cc1ccc(N2CCC(C(=O)Nc3cccc(S(=O)(=O)N4CCCCCC4)c3)CC2)nc1. The molecule has 0 bridgehead atoms. The van der Waals surface area contributed by atoms with Crippen molar-refractivity contribution in [3.8, 4) is 6.07 Å². The summed E-state index contributed by atoms with van der Waals surface area (Å²) in [4.78, 5) is 19.5. The van der Waals surface area contributed by atoms with E-state index >= 15 is 0 Å². The molecule has 1 amide bonds. The quantitative estimate of drug-likeness (QED) is 0.723. The van der Waals surface area contributed by atoms with Crippen LogP contribution in [0.5, 0.6) is 0 Å². The zero-order chi connectivity index (χ0) is 23.3. The van der Waals surface area contributed by atoms with Gasteiger partial charge in [-0.2, -0.15) is 9.57 Å². The van der Waals surface area contributed by atoms with Gasteiger partial charge in [0.15, 0.2) is 0 Å². The number of benzene rings is 1. The number of nitrogens with zero attached hydrogens (tertiary/aromatic N) is 4. The lowest BCUT2D eigenvalue weighted by molar-refractivity contribution is -0.120. The molecule has 0 aliphatic carbocycles. The molecule has 8 nitrogen and oxygen atoms in total. The number of carbonyl (C=O) groups excluding carboxylic acids is 1. The Bertz CT molecular complexity index is 1110. The first-order valence-electron chi connectivity index (χ1n) is 11.5. The third-order valence-corrected chi connectivity index (χ3v) is 8.27. The first kappa shape index (κ1) is 23.2. The smallest absolute Gasteiger partial charge is 0.243 e. The number of aromatic nitrogens is 1. The number of piperidine rings is 1. The molecule has 1 N–H and O–H groups in total. The maximum Gasteiger partial charge on any atom is 0.243 e. The van der Waals surface area contributed by atoms with Gasteiger partial charge in [-0.05, 0) is 56.0 Å². The van der Waals surface area contributed by atoms with Crippen molar-refractivity contribution >= 4 is 27.4 Å². The average molecular weight is 468 g/mol. The molecule has 33 heavy (non-hydrogen) atoms. The standard InChI is InChI=1S/C24H29N5O3S/c25-17-19-8-9-23(26-18-19)28-14-10-20(11-15-28)24(30)27-21-6-5-7-22(16-21)33(31,32)29-12-3-1-2-4-13-29/h5-9,16,18,20H,1-4,10-15H2,(H,27,30). The van der Waals surface area contributed by atoms with E-state index in [0.717, 1.165) is 31.5 Å². The van der Waals surface area contributed by atoms with Crippen molar-refractivity contribution in [2.45, 2.75) is 43.4 Å². The minimum Gasteiger partial charge on any atom is -0.357 e. The molecule has 0 spiro atoms. The Kier molecular flexibility index (Phi) is 7.26. The molecule has 2 aliphatic heterocycles. The van der Waals surface area contributed by atoms with Gasteiger partial charge in [-0.3, -0.25) is 4.79 Å². The van der Waals surface area contributed by atoms with Crippen LogP contribution in [0.3, 0.4) is 0 Å². The van der Waals surface area contributed by atoms with Gasteiger partial charge in [0, 0.05) is 44.0 Å². The monoisotopic (exact) mass is 467 g/mol. The van der Waals surface area contributed by atoms with Gasteiger partial charge in [0.25, 0.3) is 0 Å². The van der Waals surface area contributed by atoms with Crippen LogP contribution in [0, 0.1) is 17.2 Å². The van der Waals surface area contributed by atoms with Crippen molar-refractivity contribution in [3.63, 3.8) is 0 Å². The van der Waals surface area contributed by atoms with E-state index in [-0.39, 0.29) is 16.7 Å².